The largest absolute Gasteiger partial charge is 0.457 e. The summed E-state index contributed by atoms with van der Waals surface area (Å²) in [6.45, 7) is 9.73. The fraction of sp³-hybridized carbons (Fsp3) is 0.167. The van der Waals surface area contributed by atoms with Crippen molar-refractivity contribution >= 4 is 44.7 Å². The Bertz CT molecular complexity index is 1180. The van der Waals surface area contributed by atoms with Gasteiger partial charge in [-0.3, -0.25) is 0 Å². The lowest BCUT2D eigenvalue weighted by Gasteiger charge is -2.17. The van der Waals surface area contributed by atoms with Crippen LogP contribution in [0.5, 0.6) is 11.5 Å². The first-order chi connectivity index (χ1) is 14.7. The number of nitrogens with zero attached hydrogens (tertiary/aromatic N) is 3. The van der Waals surface area contributed by atoms with Crippen LogP contribution in [0.4, 0.5) is 11.4 Å². The second-order valence-corrected chi connectivity index (χ2v) is 8.43. The number of rotatable bonds is 6. The Balaban J connectivity index is 1.83. The van der Waals surface area contributed by atoms with Gasteiger partial charge in [0, 0.05) is 12.7 Å². The molecule has 3 rings (SSSR count). The van der Waals surface area contributed by atoms with E-state index in [0.717, 1.165) is 38.3 Å². The number of pyridine rings is 1. The van der Waals surface area contributed by atoms with E-state index < -0.39 is 0 Å². The maximum absolute atomic E-state index is 6.20. The van der Waals surface area contributed by atoms with Crippen molar-refractivity contribution in [1.82, 2.24) is 4.98 Å². The SMILES string of the molecule is C=CN(C)c1ccc(Oc2ccc(N=C(N)c3nc(Cl)c(Br)cc3C)cc2C)cc1C. The zero-order chi connectivity index (χ0) is 22.7. The molecular formula is C24H24BrClN4O. The van der Waals surface area contributed by atoms with E-state index in [-0.39, 0.29) is 0 Å². The zero-order valence-electron chi connectivity index (χ0n) is 17.9. The van der Waals surface area contributed by atoms with E-state index >= 15 is 0 Å². The van der Waals surface area contributed by atoms with Crippen LogP contribution in [-0.2, 0) is 0 Å². The number of anilines is 1. The Kier molecular flexibility index (Phi) is 7.03. The van der Waals surface area contributed by atoms with Gasteiger partial charge in [0.15, 0.2) is 0 Å². The van der Waals surface area contributed by atoms with Gasteiger partial charge in [0.05, 0.1) is 10.2 Å². The molecule has 0 bridgehead atoms. The molecule has 0 aliphatic heterocycles. The van der Waals surface area contributed by atoms with E-state index in [1.54, 1.807) is 6.20 Å². The lowest BCUT2D eigenvalue weighted by atomic mass is 10.1. The highest BCUT2D eigenvalue weighted by Gasteiger charge is 2.11. The van der Waals surface area contributed by atoms with Crippen molar-refractivity contribution in [2.75, 3.05) is 11.9 Å². The van der Waals surface area contributed by atoms with Gasteiger partial charge in [0.2, 0.25) is 0 Å². The minimum absolute atomic E-state index is 0.303. The smallest absolute Gasteiger partial charge is 0.150 e. The third kappa shape index (κ3) is 5.27. The minimum Gasteiger partial charge on any atom is -0.457 e. The van der Waals surface area contributed by atoms with Crippen molar-refractivity contribution in [2.45, 2.75) is 20.8 Å². The molecule has 0 saturated carbocycles. The highest BCUT2D eigenvalue weighted by atomic mass is 79.9. The molecule has 0 amide bonds. The molecular weight excluding hydrogens is 476 g/mol. The first-order valence-corrected chi connectivity index (χ1v) is 10.8. The van der Waals surface area contributed by atoms with Crippen molar-refractivity contribution in [3.63, 3.8) is 0 Å². The van der Waals surface area contributed by atoms with Gasteiger partial charge in [-0.05, 0) is 102 Å². The number of ether oxygens (including phenoxy) is 1. The fourth-order valence-corrected chi connectivity index (χ4v) is 3.71. The third-order valence-electron chi connectivity index (χ3n) is 4.82. The normalized spacial score (nSPS) is 11.4. The summed E-state index contributed by atoms with van der Waals surface area (Å²) in [5.74, 6) is 1.82. The molecule has 0 atom stereocenters. The van der Waals surface area contributed by atoms with E-state index in [2.05, 4.69) is 32.5 Å². The van der Waals surface area contributed by atoms with Crippen LogP contribution in [0.1, 0.15) is 22.4 Å². The van der Waals surface area contributed by atoms with Gasteiger partial charge in [-0.25, -0.2) is 9.98 Å². The average Bonchev–Trinajstić information content (AvgIpc) is 2.72. The van der Waals surface area contributed by atoms with Crippen LogP contribution in [-0.4, -0.2) is 17.9 Å². The van der Waals surface area contributed by atoms with Crippen molar-refractivity contribution in [3.05, 3.63) is 87.3 Å². The van der Waals surface area contributed by atoms with Gasteiger partial charge in [-0.2, -0.15) is 0 Å². The summed E-state index contributed by atoms with van der Waals surface area (Å²) in [6.07, 6.45) is 1.77. The number of amidine groups is 1. The molecule has 31 heavy (non-hydrogen) atoms. The Morgan fingerprint density at radius 3 is 2.52 bits per heavy atom. The van der Waals surface area contributed by atoms with Crippen LogP contribution in [0.2, 0.25) is 5.15 Å². The molecule has 5 nitrogen and oxygen atoms in total. The molecule has 160 valence electrons. The fourth-order valence-electron chi connectivity index (χ4n) is 3.14. The molecule has 0 aliphatic rings. The van der Waals surface area contributed by atoms with Crippen LogP contribution in [0.3, 0.4) is 0 Å². The summed E-state index contributed by atoms with van der Waals surface area (Å²) in [4.78, 5) is 10.8. The topological polar surface area (TPSA) is 63.7 Å². The van der Waals surface area contributed by atoms with Gasteiger partial charge >= 0.3 is 0 Å². The van der Waals surface area contributed by atoms with Crippen molar-refractivity contribution in [1.29, 1.82) is 0 Å². The molecule has 1 aromatic heterocycles. The number of hydrogen-bond donors (Lipinski definition) is 1. The summed E-state index contributed by atoms with van der Waals surface area (Å²) in [6, 6.07) is 13.5. The maximum Gasteiger partial charge on any atom is 0.150 e. The van der Waals surface area contributed by atoms with Crippen LogP contribution in [0.25, 0.3) is 0 Å². The highest BCUT2D eigenvalue weighted by molar-refractivity contribution is 9.10. The molecule has 0 spiro atoms. The minimum atomic E-state index is 0.303. The summed E-state index contributed by atoms with van der Waals surface area (Å²) < 4.78 is 6.81. The number of aryl methyl sites for hydroxylation is 3. The number of benzene rings is 2. The van der Waals surface area contributed by atoms with Crippen LogP contribution >= 0.6 is 27.5 Å². The van der Waals surface area contributed by atoms with Gasteiger partial charge in [0.1, 0.15) is 28.2 Å². The number of halogens is 2. The predicted molar refractivity (Wildman–Crippen MR) is 133 cm³/mol. The van der Waals surface area contributed by atoms with Gasteiger partial charge in [-0.1, -0.05) is 18.2 Å². The molecule has 3 aromatic rings. The van der Waals surface area contributed by atoms with Crippen molar-refractivity contribution in [2.24, 2.45) is 10.7 Å². The Morgan fingerprint density at radius 2 is 1.87 bits per heavy atom. The maximum atomic E-state index is 6.20. The first-order valence-electron chi connectivity index (χ1n) is 9.61. The molecule has 7 heteroatoms. The predicted octanol–water partition coefficient (Wildman–Crippen LogP) is 6.83. The van der Waals surface area contributed by atoms with E-state index in [9.17, 15) is 0 Å². The number of aromatic nitrogens is 1. The molecule has 2 N–H and O–H groups in total. The quantitative estimate of drug-likeness (QED) is 0.229. The molecule has 2 aromatic carbocycles. The van der Waals surface area contributed by atoms with E-state index in [1.807, 2.05) is 75.2 Å². The second-order valence-electron chi connectivity index (χ2n) is 7.22. The standard InChI is InChI=1S/C24H24BrClN4O/c1-6-30(5)20-9-8-18(12-14(20)2)31-21-10-7-17(11-15(21)3)28-24(27)22-16(4)13-19(25)23(26)29-22/h6-13H,1H2,2-5H3,(H2,27,28). The van der Waals surface area contributed by atoms with E-state index in [4.69, 9.17) is 22.1 Å². The van der Waals surface area contributed by atoms with Crippen molar-refractivity contribution < 1.29 is 4.74 Å². The van der Waals surface area contributed by atoms with Crippen LogP contribution in [0, 0.1) is 20.8 Å². The Morgan fingerprint density at radius 1 is 1.13 bits per heavy atom. The summed E-state index contributed by atoms with van der Waals surface area (Å²) in [5.41, 5.74) is 11.5. The lowest BCUT2D eigenvalue weighted by molar-refractivity contribution is 0.478. The van der Waals surface area contributed by atoms with Crippen LogP contribution < -0.4 is 15.4 Å². The van der Waals surface area contributed by atoms with Crippen molar-refractivity contribution in [3.8, 4) is 11.5 Å². The molecule has 1 heterocycles. The number of hydrogen-bond acceptors (Lipinski definition) is 4. The molecule has 0 fully saturated rings. The number of aliphatic imine (C=N–C) groups is 1. The number of nitrogens with two attached hydrogens (primary N) is 1. The van der Waals surface area contributed by atoms with Gasteiger partial charge in [-0.15, -0.1) is 0 Å². The van der Waals surface area contributed by atoms with E-state index in [0.29, 0.717) is 22.4 Å². The van der Waals surface area contributed by atoms with Crippen LogP contribution in [0.15, 0.2) is 64.7 Å². The second kappa shape index (κ2) is 9.54. The third-order valence-corrected chi connectivity index (χ3v) is 5.95. The summed E-state index contributed by atoms with van der Waals surface area (Å²) in [5, 5.41) is 0.347. The molecule has 0 radical (unpaired) electrons. The Labute approximate surface area is 196 Å². The van der Waals surface area contributed by atoms with Gasteiger partial charge < -0.3 is 15.4 Å². The average molecular weight is 500 g/mol. The Hall–Kier alpha value is -2.83. The first kappa shape index (κ1) is 22.8. The lowest BCUT2D eigenvalue weighted by Crippen LogP contribution is -2.16. The van der Waals surface area contributed by atoms with E-state index in [1.165, 1.54) is 0 Å². The summed E-state index contributed by atoms with van der Waals surface area (Å²) >= 11 is 9.47. The zero-order valence-corrected chi connectivity index (χ0v) is 20.3. The molecule has 0 saturated heterocycles. The highest BCUT2D eigenvalue weighted by Crippen LogP contribution is 2.31. The molecule has 0 aliphatic carbocycles. The van der Waals surface area contributed by atoms with Gasteiger partial charge in [0.25, 0.3) is 0 Å². The molecule has 0 unspecified atom stereocenters. The summed E-state index contributed by atoms with van der Waals surface area (Å²) in [7, 11) is 1.96. The monoisotopic (exact) mass is 498 g/mol.